The van der Waals surface area contributed by atoms with Crippen molar-refractivity contribution in [2.24, 2.45) is 5.41 Å². The van der Waals surface area contributed by atoms with Gasteiger partial charge >= 0.3 is 0 Å². The van der Waals surface area contributed by atoms with E-state index >= 15 is 0 Å². The lowest BCUT2D eigenvalue weighted by Gasteiger charge is -2.28. The standard InChI is InChI=1S/C16H26N2/c1-16(2,3)12-18(4)11-13-7-5-9-15-14(13)8-6-10-17-15/h5,7,9,17H,6,8,10-12H2,1-4H3. The van der Waals surface area contributed by atoms with Gasteiger partial charge in [-0.25, -0.2) is 0 Å². The number of anilines is 1. The fourth-order valence-electron chi connectivity index (χ4n) is 2.89. The Kier molecular flexibility index (Phi) is 3.96. The highest BCUT2D eigenvalue weighted by molar-refractivity contribution is 5.56. The number of nitrogens with one attached hydrogen (secondary N) is 1. The second-order valence-corrected chi connectivity index (χ2v) is 6.71. The summed E-state index contributed by atoms with van der Waals surface area (Å²) >= 11 is 0. The molecule has 0 bridgehead atoms. The van der Waals surface area contributed by atoms with Crippen molar-refractivity contribution in [3.8, 4) is 0 Å². The first-order valence-electron chi connectivity index (χ1n) is 6.99. The molecular formula is C16H26N2. The smallest absolute Gasteiger partial charge is 0.0375 e. The van der Waals surface area contributed by atoms with Gasteiger partial charge < -0.3 is 10.2 Å². The Bertz CT molecular complexity index is 404. The molecule has 0 atom stereocenters. The van der Waals surface area contributed by atoms with Crippen molar-refractivity contribution < 1.29 is 0 Å². The largest absolute Gasteiger partial charge is 0.385 e. The van der Waals surface area contributed by atoms with Crippen LogP contribution in [0.4, 0.5) is 5.69 Å². The number of benzene rings is 1. The van der Waals surface area contributed by atoms with Crippen LogP contribution >= 0.6 is 0 Å². The second-order valence-electron chi connectivity index (χ2n) is 6.71. The van der Waals surface area contributed by atoms with Crippen LogP contribution < -0.4 is 5.32 Å². The maximum absolute atomic E-state index is 3.51. The third-order valence-electron chi connectivity index (χ3n) is 3.38. The van der Waals surface area contributed by atoms with Crippen LogP contribution in [0.5, 0.6) is 0 Å². The average Bonchev–Trinajstić information content (AvgIpc) is 2.27. The van der Waals surface area contributed by atoms with Crippen LogP contribution in [0.25, 0.3) is 0 Å². The lowest BCUT2D eigenvalue weighted by Crippen LogP contribution is -2.29. The number of hydrogen-bond donors (Lipinski definition) is 1. The second kappa shape index (κ2) is 5.31. The Labute approximate surface area is 111 Å². The number of hydrogen-bond acceptors (Lipinski definition) is 2. The Morgan fingerprint density at radius 2 is 2.06 bits per heavy atom. The van der Waals surface area contributed by atoms with Gasteiger partial charge in [0.2, 0.25) is 0 Å². The molecule has 1 aliphatic rings. The zero-order chi connectivity index (χ0) is 13.2. The van der Waals surface area contributed by atoms with Crippen LogP contribution in [-0.2, 0) is 13.0 Å². The molecule has 2 heteroatoms. The van der Waals surface area contributed by atoms with E-state index in [9.17, 15) is 0 Å². The van der Waals surface area contributed by atoms with Crippen molar-refractivity contribution in [1.82, 2.24) is 4.90 Å². The van der Waals surface area contributed by atoms with Crippen molar-refractivity contribution in [3.63, 3.8) is 0 Å². The predicted octanol–water partition coefficient (Wildman–Crippen LogP) is 3.52. The minimum absolute atomic E-state index is 0.363. The molecule has 1 N–H and O–H groups in total. The van der Waals surface area contributed by atoms with E-state index < -0.39 is 0 Å². The molecule has 2 nitrogen and oxygen atoms in total. The average molecular weight is 246 g/mol. The number of nitrogens with zero attached hydrogens (tertiary/aromatic N) is 1. The maximum Gasteiger partial charge on any atom is 0.0375 e. The third-order valence-corrected chi connectivity index (χ3v) is 3.38. The van der Waals surface area contributed by atoms with Crippen molar-refractivity contribution in [2.45, 2.75) is 40.2 Å². The van der Waals surface area contributed by atoms with Crippen LogP contribution in [-0.4, -0.2) is 25.0 Å². The highest BCUT2D eigenvalue weighted by Crippen LogP contribution is 2.26. The van der Waals surface area contributed by atoms with Gasteiger partial charge in [-0.15, -0.1) is 0 Å². The van der Waals surface area contributed by atoms with Gasteiger partial charge in [0.05, 0.1) is 0 Å². The first kappa shape index (κ1) is 13.4. The summed E-state index contributed by atoms with van der Waals surface area (Å²) < 4.78 is 0. The molecule has 0 fully saturated rings. The highest BCUT2D eigenvalue weighted by Gasteiger charge is 2.16. The molecule has 0 spiro atoms. The van der Waals surface area contributed by atoms with E-state index in [1.54, 1.807) is 0 Å². The normalized spacial score (nSPS) is 15.4. The van der Waals surface area contributed by atoms with E-state index in [0.29, 0.717) is 5.41 Å². The highest BCUT2D eigenvalue weighted by atomic mass is 15.1. The molecule has 1 aromatic rings. The minimum Gasteiger partial charge on any atom is -0.385 e. The molecule has 2 rings (SSSR count). The topological polar surface area (TPSA) is 15.3 Å². The molecule has 0 unspecified atom stereocenters. The van der Waals surface area contributed by atoms with Gasteiger partial charge in [0.1, 0.15) is 0 Å². The van der Waals surface area contributed by atoms with Crippen LogP contribution in [0.3, 0.4) is 0 Å². The van der Waals surface area contributed by atoms with Gasteiger partial charge in [-0.1, -0.05) is 32.9 Å². The zero-order valence-electron chi connectivity index (χ0n) is 12.2. The van der Waals surface area contributed by atoms with Gasteiger partial charge in [0.25, 0.3) is 0 Å². The summed E-state index contributed by atoms with van der Waals surface area (Å²) in [6, 6.07) is 6.67. The first-order valence-corrected chi connectivity index (χ1v) is 6.99. The van der Waals surface area contributed by atoms with Crippen LogP contribution in [0.15, 0.2) is 18.2 Å². The fourth-order valence-corrected chi connectivity index (χ4v) is 2.89. The molecule has 1 heterocycles. The summed E-state index contributed by atoms with van der Waals surface area (Å²) in [4.78, 5) is 2.43. The molecule has 0 aromatic heterocycles. The summed E-state index contributed by atoms with van der Waals surface area (Å²) in [5.74, 6) is 0. The molecule has 0 saturated carbocycles. The summed E-state index contributed by atoms with van der Waals surface area (Å²) in [5.41, 5.74) is 4.74. The summed E-state index contributed by atoms with van der Waals surface area (Å²) in [6.07, 6.45) is 2.48. The van der Waals surface area contributed by atoms with E-state index in [1.807, 2.05) is 0 Å². The van der Waals surface area contributed by atoms with Crippen LogP contribution in [0.1, 0.15) is 38.3 Å². The zero-order valence-corrected chi connectivity index (χ0v) is 12.2. The van der Waals surface area contributed by atoms with Gasteiger partial charge in [-0.05, 0) is 42.5 Å². The van der Waals surface area contributed by atoms with E-state index in [0.717, 1.165) is 19.6 Å². The molecule has 1 aliphatic heterocycles. The quantitative estimate of drug-likeness (QED) is 0.878. The predicted molar refractivity (Wildman–Crippen MR) is 79.0 cm³/mol. The van der Waals surface area contributed by atoms with Crippen LogP contribution in [0, 0.1) is 5.41 Å². The summed E-state index contributed by atoms with van der Waals surface area (Å²) in [7, 11) is 2.22. The SMILES string of the molecule is CN(Cc1cccc2c1CCCN2)CC(C)(C)C. The van der Waals surface area contributed by atoms with Gasteiger partial charge in [0.15, 0.2) is 0 Å². The number of fused-ring (bicyclic) bond motifs is 1. The maximum atomic E-state index is 3.51. The Morgan fingerprint density at radius 3 is 2.78 bits per heavy atom. The van der Waals surface area contributed by atoms with Gasteiger partial charge in [0, 0.05) is 25.3 Å². The van der Waals surface area contributed by atoms with Crippen molar-refractivity contribution in [2.75, 3.05) is 25.5 Å². The lowest BCUT2D eigenvalue weighted by atomic mass is 9.94. The van der Waals surface area contributed by atoms with Crippen molar-refractivity contribution >= 4 is 5.69 Å². The van der Waals surface area contributed by atoms with Gasteiger partial charge in [-0.2, -0.15) is 0 Å². The lowest BCUT2D eigenvalue weighted by molar-refractivity contribution is 0.220. The van der Waals surface area contributed by atoms with E-state index in [-0.39, 0.29) is 0 Å². The third kappa shape index (κ3) is 3.49. The molecular weight excluding hydrogens is 220 g/mol. The molecule has 0 amide bonds. The molecule has 1 aromatic carbocycles. The van der Waals surface area contributed by atoms with E-state index in [4.69, 9.17) is 0 Å². The van der Waals surface area contributed by atoms with Crippen molar-refractivity contribution in [3.05, 3.63) is 29.3 Å². The van der Waals surface area contributed by atoms with Crippen molar-refractivity contribution in [1.29, 1.82) is 0 Å². The number of rotatable bonds is 3. The summed E-state index contributed by atoms with van der Waals surface area (Å²) in [6.45, 7) is 10.2. The molecule has 18 heavy (non-hydrogen) atoms. The van der Waals surface area contributed by atoms with Crippen LogP contribution in [0.2, 0.25) is 0 Å². The molecule has 0 saturated heterocycles. The first-order chi connectivity index (χ1) is 8.46. The Balaban J connectivity index is 2.09. The molecule has 0 aliphatic carbocycles. The fraction of sp³-hybridized carbons (Fsp3) is 0.625. The summed E-state index contributed by atoms with van der Waals surface area (Å²) in [5, 5.41) is 3.51. The monoisotopic (exact) mass is 246 g/mol. The Morgan fingerprint density at radius 1 is 1.28 bits per heavy atom. The van der Waals surface area contributed by atoms with E-state index in [1.165, 1.54) is 29.7 Å². The Hall–Kier alpha value is -1.02. The molecule has 0 radical (unpaired) electrons. The van der Waals surface area contributed by atoms with E-state index in [2.05, 4.69) is 56.2 Å². The minimum atomic E-state index is 0.363. The van der Waals surface area contributed by atoms with Gasteiger partial charge in [-0.3, -0.25) is 0 Å². The molecule has 100 valence electrons.